The number of hydrogen-bond donors (Lipinski definition) is 2. The first-order chi connectivity index (χ1) is 14.9. The fraction of sp³-hybridized carbons (Fsp3) is 0.304. The summed E-state index contributed by atoms with van der Waals surface area (Å²) in [5, 5.41) is 12.9. The van der Waals surface area contributed by atoms with Gasteiger partial charge in [-0.05, 0) is 48.1 Å². The predicted octanol–water partition coefficient (Wildman–Crippen LogP) is 3.32. The van der Waals surface area contributed by atoms with Crippen LogP contribution in [0.3, 0.4) is 0 Å². The average Bonchev–Trinajstić information content (AvgIpc) is 3.42. The van der Waals surface area contributed by atoms with Crippen molar-refractivity contribution in [2.24, 2.45) is 23.7 Å². The van der Waals surface area contributed by atoms with Gasteiger partial charge in [0.1, 0.15) is 0 Å². The summed E-state index contributed by atoms with van der Waals surface area (Å²) < 4.78 is 0. The van der Waals surface area contributed by atoms with Crippen LogP contribution in [0, 0.1) is 23.7 Å². The molecule has 1 aromatic carbocycles. The second-order valence-corrected chi connectivity index (χ2v) is 8.68. The number of rotatable bonds is 5. The van der Waals surface area contributed by atoms with Gasteiger partial charge in [0.05, 0.1) is 24.3 Å². The van der Waals surface area contributed by atoms with Crippen LogP contribution in [0.1, 0.15) is 24.4 Å². The van der Waals surface area contributed by atoms with E-state index < -0.39 is 11.9 Å². The van der Waals surface area contributed by atoms with Crippen LogP contribution in [0.4, 0.5) is 5.82 Å². The molecule has 0 radical (unpaired) electrons. The number of aromatic nitrogens is 1. The molecule has 2 aromatic rings. The Bertz CT molecular complexity index is 1090. The molecule has 2 heterocycles. The van der Waals surface area contributed by atoms with Gasteiger partial charge in [0, 0.05) is 11.2 Å². The Balaban J connectivity index is 1.46. The molecule has 31 heavy (non-hydrogen) atoms. The summed E-state index contributed by atoms with van der Waals surface area (Å²) in [5.41, 5.74) is 0.606. The number of nitrogens with one attached hydrogen (secondary N) is 1. The van der Waals surface area contributed by atoms with Gasteiger partial charge in [-0.15, -0.1) is 0 Å². The molecular weight excluding hydrogens is 418 g/mol. The molecule has 1 aromatic heterocycles. The van der Waals surface area contributed by atoms with E-state index >= 15 is 0 Å². The maximum absolute atomic E-state index is 13.3. The first-order valence-corrected chi connectivity index (χ1v) is 10.6. The Morgan fingerprint density at radius 3 is 2.52 bits per heavy atom. The molecular formula is C23H20ClN3O4. The number of hydrogen-bond acceptors (Lipinski definition) is 5. The average molecular weight is 438 g/mol. The summed E-state index contributed by atoms with van der Waals surface area (Å²) in [6, 6.07) is 9.00. The molecule has 3 amide bonds. The summed E-state index contributed by atoms with van der Waals surface area (Å²) in [6.45, 7) is 0. The van der Waals surface area contributed by atoms with Crippen LogP contribution in [-0.2, 0) is 14.4 Å². The van der Waals surface area contributed by atoms with Gasteiger partial charge in [-0.25, -0.2) is 4.98 Å². The molecule has 1 saturated carbocycles. The number of allylic oxidation sites excluding steroid dienone is 2. The monoisotopic (exact) mass is 437 g/mol. The van der Waals surface area contributed by atoms with Gasteiger partial charge in [0.25, 0.3) is 0 Å². The van der Waals surface area contributed by atoms with Gasteiger partial charge in [-0.3, -0.25) is 19.3 Å². The molecule has 8 heteroatoms. The van der Waals surface area contributed by atoms with Gasteiger partial charge < -0.3 is 10.4 Å². The summed E-state index contributed by atoms with van der Waals surface area (Å²) in [5.74, 6) is -1.63. The fourth-order valence-electron chi connectivity index (χ4n) is 5.16. The summed E-state index contributed by atoms with van der Waals surface area (Å²) in [6.07, 6.45) is 6.18. The zero-order valence-electron chi connectivity index (χ0n) is 16.4. The smallest absolute Gasteiger partial charge is 0.234 e. The molecule has 7 nitrogen and oxygen atoms in total. The number of fused-ring (bicyclic) bond motifs is 5. The second kappa shape index (κ2) is 7.50. The van der Waals surface area contributed by atoms with E-state index in [9.17, 15) is 19.5 Å². The van der Waals surface area contributed by atoms with E-state index in [-0.39, 0.29) is 53.5 Å². The molecule has 3 aliphatic rings. The third kappa shape index (κ3) is 3.29. The second-order valence-electron chi connectivity index (χ2n) is 8.24. The standard InChI is InChI=1S/C23H20ClN3O4/c24-15-4-1-3-12(10-15)16(11-18(29)26-21-17(28)5-2-8-25-21)27-22(30)19-13-6-7-14(9-13)20(19)23(27)31/h1-8,10,13-14,16,19-20,28H,9,11H2,(H,25,26,29). The highest BCUT2D eigenvalue weighted by Gasteiger charge is 2.60. The van der Waals surface area contributed by atoms with Crippen molar-refractivity contribution in [3.63, 3.8) is 0 Å². The van der Waals surface area contributed by atoms with Crippen LogP contribution in [0.2, 0.25) is 5.02 Å². The molecule has 5 atom stereocenters. The summed E-state index contributed by atoms with van der Waals surface area (Å²) >= 11 is 6.17. The number of carbonyl (C=O) groups is 3. The molecule has 2 N–H and O–H groups in total. The Hall–Kier alpha value is -3.19. The lowest BCUT2D eigenvalue weighted by atomic mass is 9.85. The number of halogens is 1. The molecule has 158 valence electrons. The predicted molar refractivity (Wildman–Crippen MR) is 113 cm³/mol. The first-order valence-electron chi connectivity index (χ1n) is 10.2. The van der Waals surface area contributed by atoms with Gasteiger partial charge >= 0.3 is 0 Å². The van der Waals surface area contributed by atoms with E-state index in [1.165, 1.54) is 17.2 Å². The highest BCUT2D eigenvalue weighted by Crippen LogP contribution is 2.54. The van der Waals surface area contributed by atoms with E-state index in [4.69, 9.17) is 11.6 Å². The first kappa shape index (κ1) is 19.8. The van der Waals surface area contributed by atoms with Gasteiger partial charge in [0.15, 0.2) is 11.6 Å². The van der Waals surface area contributed by atoms with Crippen molar-refractivity contribution in [1.29, 1.82) is 0 Å². The number of amides is 3. The minimum Gasteiger partial charge on any atom is -0.504 e. The van der Waals surface area contributed by atoms with E-state index in [0.29, 0.717) is 10.6 Å². The van der Waals surface area contributed by atoms with Crippen molar-refractivity contribution < 1.29 is 19.5 Å². The molecule has 0 spiro atoms. The van der Waals surface area contributed by atoms with E-state index in [0.717, 1.165) is 6.42 Å². The normalized spacial score (nSPS) is 26.9. The molecule has 2 bridgehead atoms. The molecule has 5 unspecified atom stereocenters. The highest BCUT2D eigenvalue weighted by molar-refractivity contribution is 6.30. The Kier molecular flexibility index (Phi) is 4.78. The lowest BCUT2D eigenvalue weighted by molar-refractivity contribution is -0.144. The lowest BCUT2D eigenvalue weighted by Crippen LogP contribution is -2.38. The molecule has 1 aliphatic heterocycles. The summed E-state index contributed by atoms with van der Waals surface area (Å²) in [7, 11) is 0. The number of aromatic hydroxyl groups is 1. The van der Waals surface area contributed by atoms with Crippen molar-refractivity contribution >= 4 is 35.1 Å². The molecule has 2 fully saturated rings. The Morgan fingerprint density at radius 2 is 1.87 bits per heavy atom. The zero-order chi connectivity index (χ0) is 21.7. The van der Waals surface area contributed by atoms with Crippen molar-refractivity contribution in [2.45, 2.75) is 18.9 Å². The van der Waals surface area contributed by atoms with E-state index in [1.807, 2.05) is 12.2 Å². The van der Waals surface area contributed by atoms with Crippen molar-refractivity contribution in [2.75, 3.05) is 5.32 Å². The van der Waals surface area contributed by atoms with E-state index in [1.54, 1.807) is 30.3 Å². The topological polar surface area (TPSA) is 99.6 Å². The lowest BCUT2D eigenvalue weighted by Gasteiger charge is -2.28. The maximum Gasteiger partial charge on any atom is 0.234 e. The van der Waals surface area contributed by atoms with Crippen molar-refractivity contribution in [3.05, 3.63) is 65.3 Å². The van der Waals surface area contributed by atoms with Crippen LogP contribution >= 0.6 is 11.6 Å². The van der Waals surface area contributed by atoms with Crippen LogP contribution < -0.4 is 5.32 Å². The maximum atomic E-state index is 13.3. The van der Waals surface area contributed by atoms with Gasteiger partial charge in [0.2, 0.25) is 17.7 Å². The van der Waals surface area contributed by atoms with Crippen LogP contribution in [0.25, 0.3) is 0 Å². The zero-order valence-corrected chi connectivity index (χ0v) is 17.2. The largest absolute Gasteiger partial charge is 0.504 e. The fourth-order valence-corrected chi connectivity index (χ4v) is 5.36. The number of imide groups is 1. The SMILES string of the molecule is O=C(CC(c1cccc(Cl)c1)N1C(=O)C2C3C=CC(C3)C2C1=O)Nc1ncccc1O. The number of carbonyl (C=O) groups excluding carboxylic acids is 3. The van der Waals surface area contributed by atoms with Crippen LogP contribution in [0.5, 0.6) is 5.75 Å². The summed E-state index contributed by atoms with van der Waals surface area (Å²) in [4.78, 5) is 44.7. The van der Waals surface area contributed by atoms with Crippen LogP contribution in [0.15, 0.2) is 54.7 Å². The third-order valence-electron chi connectivity index (χ3n) is 6.47. The Morgan fingerprint density at radius 1 is 1.16 bits per heavy atom. The molecule has 2 aliphatic carbocycles. The minimum atomic E-state index is -0.797. The van der Waals surface area contributed by atoms with Gasteiger partial charge in [-0.2, -0.15) is 0 Å². The highest BCUT2D eigenvalue weighted by atomic mass is 35.5. The van der Waals surface area contributed by atoms with Crippen LogP contribution in [-0.4, -0.2) is 32.7 Å². The third-order valence-corrected chi connectivity index (χ3v) is 6.71. The number of pyridine rings is 1. The molecule has 1 saturated heterocycles. The molecule has 5 rings (SSSR count). The van der Waals surface area contributed by atoms with Gasteiger partial charge in [-0.1, -0.05) is 35.9 Å². The quantitative estimate of drug-likeness (QED) is 0.552. The van der Waals surface area contributed by atoms with Crippen molar-refractivity contribution in [1.82, 2.24) is 9.88 Å². The number of benzene rings is 1. The van der Waals surface area contributed by atoms with E-state index in [2.05, 4.69) is 10.3 Å². The minimum absolute atomic E-state index is 0.0236. The Labute approximate surface area is 183 Å². The van der Waals surface area contributed by atoms with Crippen molar-refractivity contribution in [3.8, 4) is 5.75 Å². The number of anilines is 1. The number of nitrogens with zero attached hydrogens (tertiary/aromatic N) is 2. The number of likely N-dealkylation sites (tertiary alicyclic amines) is 1.